The van der Waals surface area contributed by atoms with Gasteiger partial charge in [-0.2, -0.15) is 4.39 Å². The van der Waals surface area contributed by atoms with Gasteiger partial charge < -0.3 is 14.9 Å². The third kappa shape index (κ3) is 3.40. The van der Waals surface area contributed by atoms with E-state index in [2.05, 4.69) is 0 Å². The van der Waals surface area contributed by atoms with E-state index in [4.69, 9.17) is 11.6 Å². The third-order valence-corrected chi connectivity index (χ3v) is 3.90. The minimum atomic E-state index is -1.12. The number of nitrogens with zero attached hydrogens (tertiary/aromatic N) is 2. The van der Waals surface area contributed by atoms with Crippen molar-refractivity contribution in [3.05, 3.63) is 38.2 Å². The number of hydrogen-bond acceptors (Lipinski definition) is 5. The molecule has 22 heavy (non-hydrogen) atoms. The lowest BCUT2D eigenvalue weighted by Gasteiger charge is -2.29. The molecular weight excluding hydrogens is 313 g/mol. The van der Waals surface area contributed by atoms with Crippen molar-refractivity contribution in [2.45, 2.75) is 19.7 Å². The molecule has 1 aromatic carbocycles. The van der Waals surface area contributed by atoms with Crippen molar-refractivity contribution in [2.75, 3.05) is 13.1 Å². The molecule has 0 atom stereocenters. The molecule has 118 valence electrons. The molecule has 1 aliphatic rings. The van der Waals surface area contributed by atoms with Gasteiger partial charge in [0.15, 0.2) is 0 Å². The fourth-order valence-electron chi connectivity index (χ4n) is 2.48. The van der Waals surface area contributed by atoms with Crippen molar-refractivity contribution in [3.8, 4) is 5.75 Å². The zero-order valence-corrected chi connectivity index (χ0v) is 12.7. The van der Waals surface area contributed by atoms with E-state index >= 15 is 0 Å². The second-order valence-electron chi connectivity index (χ2n) is 5.22. The van der Waals surface area contributed by atoms with Crippen LogP contribution in [0.4, 0.5) is 10.1 Å². The van der Waals surface area contributed by atoms with Crippen molar-refractivity contribution in [1.82, 2.24) is 4.81 Å². The van der Waals surface area contributed by atoms with Gasteiger partial charge >= 0.3 is 12.7 Å². The summed E-state index contributed by atoms with van der Waals surface area (Å²) in [7, 11) is -0.619. The average molecular weight is 329 g/mol. The van der Waals surface area contributed by atoms with Crippen LogP contribution in [0.3, 0.4) is 0 Å². The van der Waals surface area contributed by atoms with Gasteiger partial charge in [-0.25, -0.2) is 0 Å². The molecule has 0 amide bonds. The number of aromatic hydroxyl groups is 1. The van der Waals surface area contributed by atoms with Crippen molar-refractivity contribution in [3.63, 3.8) is 0 Å². The molecule has 2 N–H and O–H groups in total. The summed E-state index contributed by atoms with van der Waals surface area (Å²) in [6, 6.07) is 1.16. The maximum absolute atomic E-state index is 14.2. The molecule has 1 heterocycles. The van der Waals surface area contributed by atoms with E-state index in [9.17, 15) is 24.6 Å². The molecule has 1 aliphatic heterocycles. The lowest BCUT2D eigenvalue weighted by Crippen LogP contribution is -2.41. The molecule has 9 heteroatoms. The quantitative estimate of drug-likeness (QED) is 0.506. The van der Waals surface area contributed by atoms with Crippen LogP contribution in [-0.2, 0) is 0 Å². The fourth-order valence-corrected chi connectivity index (χ4v) is 2.69. The summed E-state index contributed by atoms with van der Waals surface area (Å²) in [6.45, 7) is 2.82. The molecule has 0 unspecified atom stereocenters. The van der Waals surface area contributed by atoms with Gasteiger partial charge in [0.1, 0.15) is 0 Å². The number of piperidine rings is 1. The van der Waals surface area contributed by atoms with E-state index in [0.29, 0.717) is 13.0 Å². The fraction of sp³-hybridized carbons (Fsp3) is 0.385. The summed E-state index contributed by atoms with van der Waals surface area (Å²) in [4.78, 5) is 11.7. The van der Waals surface area contributed by atoms with Gasteiger partial charge in [0.25, 0.3) is 0 Å². The molecule has 0 radical (unpaired) electrons. The Balaban J connectivity index is 2.41. The number of nitro benzene ring substituents is 1. The van der Waals surface area contributed by atoms with E-state index in [-0.39, 0.29) is 10.6 Å². The van der Waals surface area contributed by atoms with Gasteiger partial charge in [0.05, 0.1) is 9.95 Å². The number of benzene rings is 1. The molecule has 0 bridgehead atoms. The molecule has 1 fully saturated rings. The number of rotatable bonds is 3. The van der Waals surface area contributed by atoms with Gasteiger partial charge in [-0.05, 0) is 32.3 Å². The van der Waals surface area contributed by atoms with E-state index in [0.717, 1.165) is 24.6 Å². The van der Waals surface area contributed by atoms with Crippen LogP contribution in [0.25, 0.3) is 6.08 Å². The molecule has 0 spiro atoms. The Morgan fingerprint density at radius 2 is 2.27 bits per heavy atom. The maximum atomic E-state index is 14.2. The highest BCUT2D eigenvalue weighted by molar-refractivity contribution is 6.45. The summed E-state index contributed by atoms with van der Waals surface area (Å²) in [6.07, 6.45) is 2.99. The standard InChI is InChI=1S/C13H15BClFN2O4/c1-14(20)17-4-2-3-8(7-17)5-9-6-10(15)13(19)12(11(9)16)18(21)22/h5-6,19-20H,2-4,7H2,1H3. The van der Waals surface area contributed by atoms with Gasteiger partial charge in [-0.15, -0.1) is 0 Å². The van der Waals surface area contributed by atoms with E-state index in [1.165, 1.54) is 6.08 Å². The summed E-state index contributed by atoms with van der Waals surface area (Å²) in [5.74, 6) is -1.99. The minimum absolute atomic E-state index is 0.0445. The predicted molar refractivity (Wildman–Crippen MR) is 82.4 cm³/mol. The second-order valence-corrected chi connectivity index (χ2v) is 5.63. The summed E-state index contributed by atoms with van der Waals surface area (Å²) in [5.41, 5.74) is -0.235. The Hall–Kier alpha value is -1.64. The van der Waals surface area contributed by atoms with E-state index < -0.39 is 29.2 Å². The van der Waals surface area contributed by atoms with Crippen LogP contribution in [0.1, 0.15) is 18.4 Å². The smallest absolute Gasteiger partial charge is 0.376 e. The van der Waals surface area contributed by atoms with Crippen molar-refractivity contribution < 1.29 is 19.4 Å². The maximum Gasteiger partial charge on any atom is 0.376 e. The predicted octanol–water partition coefficient (Wildman–Crippen LogP) is 2.68. The zero-order chi connectivity index (χ0) is 16.4. The van der Waals surface area contributed by atoms with Crippen LogP contribution in [-0.4, -0.2) is 40.0 Å². The van der Waals surface area contributed by atoms with Crippen LogP contribution < -0.4 is 0 Å². The normalized spacial score (nSPS) is 17.7. The SMILES string of the molecule is CB(O)N1CCCC(=Cc2cc(Cl)c(O)c([N+](=O)[O-])c2F)C1. The highest BCUT2D eigenvalue weighted by Gasteiger charge is 2.27. The lowest BCUT2D eigenvalue weighted by molar-refractivity contribution is -0.388. The Labute approximate surface area is 132 Å². The van der Waals surface area contributed by atoms with E-state index in [1.54, 1.807) is 6.82 Å². The number of phenols is 1. The molecule has 1 aromatic rings. The molecule has 6 nitrogen and oxygen atoms in total. The highest BCUT2D eigenvalue weighted by atomic mass is 35.5. The first kappa shape index (κ1) is 16.7. The Morgan fingerprint density at radius 1 is 1.59 bits per heavy atom. The number of hydrogen-bond donors (Lipinski definition) is 2. The second kappa shape index (κ2) is 6.64. The van der Waals surface area contributed by atoms with Gasteiger partial charge in [0, 0.05) is 12.1 Å². The number of nitro groups is 1. The van der Waals surface area contributed by atoms with Crippen LogP contribution >= 0.6 is 11.6 Å². The molecule has 0 saturated carbocycles. The number of phenolic OH excluding ortho intramolecular Hbond substituents is 1. The summed E-state index contributed by atoms with van der Waals surface area (Å²) in [5, 5.41) is 29.7. The highest BCUT2D eigenvalue weighted by Crippen LogP contribution is 2.38. The van der Waals surface area contributed by atoms with Crippen molar-refractivity contribution in [1.29, 1.82) is 0 Å². The largest absolute Gasteiger partial charge is 0.501 e. The average Bonchev–Trinajstić information content (AvgIpc) is 2.45. The topological polar surface area (TPSA) is 86.8 Å². The van der Waals surface area contributed by atoms with Crippen LogP contribution in [0.5, 0.6) is 5.75 Å². The monoisotopic (exact) mass is 328 g/mol. The first-order chi connectivity index (χ1) is 10.3. The Morgan fingerprint density at radius 3 is 2.86 bits per heavy atom. The zero-order valence-electron chi connectivity index (χ0n) is 11.9. The van der Waals surface area contributed by atoms with E-state index in [1.807, 2.05) is 4.81 Å². The van der Waals surface area contributed by atoms with Gasteiger partial charge in [-0.3, -0.25) is 10.1 Å². The molecule has 2 rings (SSSR count). The Kier molecular flexibility index (Phi) is 5.05. The molecule has 1 saturated heterocycles. The van der Waals surface area contributed by atoms with Crippen LogP contribution in [0.15, 0.2) is 11.6 Å². The van der Waals surface area contributed by atoms with Gasteiger partial charge in [0.2, 0.25) is 11.6 Å². The molecule has 0 aromatic heterocycles. The molecular formula is C13H15BClFN2O4. The van der Waals surface area contributed by atoms with Crippen LogP contribution in [0.2, 0.25) is 11.8 Å². The van der Waals surface area contributed by atoms with Crippen molar-refractivity contribution in [2.24, 2.45) is 0 Å². The molecule has 0 aliphatic carbocycles. The van der Waals surface area contributed by atoms with Gasteiger partial charge in [-0.1, -0.05) is 23.3 Å². The lowest BCUT2D eigenvalue weighted by atomic mass is 9.82. The summed E-state index contributed by atoms with van der Waals surface area (Å²) < 4.78 is 14.2. The first-order valence-electron chi connectivity index (χ1n) is 6.78. The van der Waals surface area contributed by atoms with Crippen molar-refractivity contribution >= 4 is 30.4 Å². The summed E-state index contributed by atoms with van der Waals surface area (Å²) >= 11 is 5.73. The van der Waals surface area contributed by atoms with Crippen LogP contribution in [0, 0.1) is 15.9 Å². The number of halogens is 2. The first-order valence-corrected chi connectivity index (χ1v) is 7.16. The minimum Gasteiger partial charge on any atom is -0.501 e. The third-order valence-electron chi connectivity index (χ3n) is 3.61. The Bertz CT molecular complexity index is 639.